The zero-order chi connectivity index (χ0) is 17.2. The molecule has 0 saturated carbocycles. The summed E-state index contributed by atoms with van der Waals surface area (Å²) >= 11 is 0. The van der Waals surface area contributed by atoms with Crippen LogP contribution in [0.1, 0.15) is 26.3 Å². The van der Waals surface area contributed by atoms with Crippen molar-refractivity contribution in [2.24, 2.45) is 0 Å². The van der Waals surface area contributed by atoms with Crippen LogP contribution in [-0.4, -0.2) is 16.8 Å². The number of carbonyl (C=O) groups is 2. The first-order valence-electron chi connectivity index (χ1n) is 7.83. The second-order valence-electron chi connectivity index (χ2n) is 5.64. The number of aromatic nitrogens is 1. The van der Waals surface area contributed by atoms with Gasteiger partial charge in [0.25, 0.3) is 11.8 Å². The number of amides is 2. The number of anilines is 1. The van der Waals surface area contributed by atoms with E-state index in [-0.39, 0.29) is 11.8 Å². The van der Waals surface area contributed by atoms with E-state index in [1.807, 2.05) is 12.1 Å². The number of carbonyl (C=O) groups excluding carboxylic acids is 2. The Morgan fingerprint density at radius 2 is 1.52 bits per heavy atom. The fraction of sp³-hybridized carbons (Fsp3) is 0.0500. The summed E-state index contributed by atoms with van der Waals surface area (Å²) in [6, 6.07) is 17.5. The zero-order valence-corrected chi connectivity index (χ0v) is 13.3. The third kappa shape index (κ3) is 2.76. The van der Waals surface area contributed by atoms with E-state index in [1.165, 1.54) is 4.90 Å². The third-order valence-corrected chi connectivity index (χ3v) is 4.02. The van der Waals surface area contributed by atoms with Gasteiger partial charge in [-0.2, -0.15) is 0 Å². The highest BCUT2D eigenvalue weighted by Gasteiger charge is 2.36. The smallest absolute Gasteiger partial charge is 0.266 e. The molecule has 1 aliphatic heterocycles. The molecule has 2 heterocycles. The molecule has 0 N–H and O–H groups in total. The van der Waals surface area contributed by atoms with E-state index in [4.69, 9.17) is 4.74 Å². The van der Waals surface area contributed by atoms with E-state index in [0.717, 1.165) is 5.56 Å². The van der Waals surface area contributed by atoms with Crippen LogP contribution < -0.4 is 9.64 Å². The Balaban J connectivity index is 1.51. The lowest BCUT2D eigenvalue weighted by Gasteiger charge is -2.14. The molecule has 25 heavy (non-hydrogen) atoms. The van der Waals surface area contributed by atoms with Crippen LogP contribution in [0.2, 0.25) is 0 Å². The third-order valence-electron chi connectivity index (χ3n) is 4.02. The van der Waals surface area contributed by atoms with Crippen molar-refractivity contribution < 1.29 is 14.3 Å². The normalized spacial score (nSPS) is 13.0. The van der Waals surface area contributed by atoms with Gasteiger partial charge in [0.05, 0.1) is 16.8 Å². The topological polar surface area (TPSA) is 59.5 Å². The molecule has 0 radical (unpaired) electrons. The Labute approximate surface area is 144 Å². The predicted molar refractivity (Wildman–Crippen MR) is 92.6 cm³/mol. The molecular weight excluding hydrogens is 316 g/mol. The molecule has 0 unspecified atom stereocenters. The lowest BCUT2D eigenvalue weighted by Crippen LogP contribution is -2.29. The van der Waals surface area contributed by atoms with E-state index >= 15 is 0 Å². The van der Waals surface area contributed by atoms with Gasteiger partial charge in [-0.15, -0.1) is 0 Å². The summed E-state index contributed by atoms with van der Waals surface area (Å²) in [5, 5.41) is 0. The summed E-state index contributed by atoms with van der Waals surface area (Å²) in [5.74, 6) is 0.0541. The zero-order valence-electron chi connectivity index (χ0n) is 13.3. The monoisotopic (exact) mass is 330 g/mol. The van der Waals surface area contributed by atoms with E-state index in [0.29, 0.717) is 29.2 Å². The van der Waals surface area contributed by atoms with Gasteiger partial charge in [0.1, 0.15) is 12.4 Å². The first-order chi connectivity index (χ1) is 12.2. The number of hydrogen-bond donors (Lipinski definition) is 0. The Kier molecular flexibility index (Phi) is 3.74. The van der Waals surface area contributed by atoms with Gasteiger partial charge < -0.3 is 4.74 Å². The van der Waals surface area contributed by atoms with Crippen LogP contribution in [0.4, 0.5) is 5.69 Å². The summed E-state index contributed by atoms with van der Waals surface area (Å²) < 4.78 is 5.70. The maximum atomic E-state index is 12.5. The van der Waals surface area contributed by atoms with Gasteiger partial charge in [0.2, 0.25) is 0 Å². The van der Waals surface area contributed by atoms with Gasteiger partial charge in [0, 0.05) is 18.0 Å². The van der Waals surface area contributed by atoms with Crippen molar-refractivity contribution in [3.63, 3.8) is 0 Å². The van der Waals surface area contributed by atoms with Crippen molar-refractivity contribution in [3.05, 3.63) is 89.7 Å². The molecule has 2 aromatic carbocycles. The van der Waals surface area contributed by atoms with Crippen LogP contribution in [0, 0.1) is 0 Å². The minimum atomic E-state index is -0.301. The summed E-state index contributed by atoms with van der Waals surface area (Å²) in [7, 11) is 0. The molecule has 2 amide bonds. The highest BCUT2D eigenvalue weighted by atomic mass is 16.5. The average molecular weight is 330 g/mol. The van der Waals surface area contributed by atoms with Gasteiger partial charge in [-0.3, -0.25) is 14.6 Å². The van der Waals surface area contributed by atoms with Crippen molar-refractivity contribution in [2.45, 2.75) is 6.61 Å². The van der Waals surface area contributed by atoms with Crippen molar-refractivity contribution >= 4 is 17.5 Å². The molecule has 122 valence electrons. The molecule has 5 heteroatoms. The summed E-state index contributed by atoms with van der Waals surface area (Å²) in [6.45, 7) is 0.403. The number of rotatable bonds is 4. The molecule has 0 spiro atoms. The Morgan fingerprint density at radius 1 is 0.840 bits per heavy atom. The quantitative estimate of drug-likeness (QED) is 0.687. The highest BCUT2D eigenvalue weighted by molar-refractivity contribution is 6.34. The molecule has 3 aromatic rings. The van der Waals surface area contributed by atoms with Gasteiger partial charge >= 0.3 is 0 Å². The molecular formula is C20H14N2O3. The van der Waals surface area contributed by atoms with E-state index in [9.17, 15) is 9.59 Å². The fourth-order valence-electron chi connectivity index (χ4n) is 2.77. The van der Waals surface area contributed by atoms with Gasteiger partial charge in [-0.05, 0) is 42.5 Å². The molecule has 0 aliphatic carbocycles. The number of hydrogen-bond acceptors (Lipinski definition) is 4. The number of nitrogens with zero attached hydrogens (tertiary/aromatic N) is 2. The van der Waals surface area contributed by atoms with E-state index < -0.39 is 0 Å². The van der Waals surface area contributed by atoms with Crippen molar-refractivity contribution in [1.82, 2.24) is 4.98 Å². The minimum absolute atomic E-state index is 0.301. The van der Waals surface area contributed by atoms with E-state index in [1.54, 1.807) is 60.9 Å². The SMILES string of the molecule is O=C1c2ccccc2C(=O)N1c1ccc(OCc2cccnc2)cc1. The maximum absolute atomic E-state index is 12.5. The molecule has 0 saturated heterocycles. The summed E-state index contributed by atoms with van der Waals surface area (Å²) in [6.07, 6.45) is 3.45. The number of imide groups is 1. The summed E-state index contributed by atoms with van der Waals surface area (Å²) in [5.41, 5.74) is 2.36. The number of fused-ring (bicyclic) bond motifs is 1. The van der Waals surface area contributed by atoms with Crippen LogP contribution in [0.5, 0.6) is 5.75 Å². The van der Waals surface area contributed by atoms with Crippen molar-refractivity contribution in [2.75, 3.05) is 4.90 Å². The summed E-state index contributed by atoms with van der Waals surface area (Å²) in [4.78, 5) is 30.2. The largest absolute Gasteiger partial charge is 0.489 e. The lowest BCUT2D eigenvalue weighted by molar-refractivity contribution is 0.0926. The predicted octanol–water partition coefficient (Wildman–Crippen LogP) is 3.46. The van der Waals surface area contributed by atoms with Gasteiger partial charge in [0.15, 0.2) is 0 Å². The molecule has 0 fully saturated rings. The fourth-order valence-corrected chi connectivity index (χ4v) is 2.77. The maximum Gasteiger partial charge on any atom is 0.266 e. The van der Waals surface area contributed by atoms with Crippen LogP contribution in [-0.2, 0) is 6.61 Å². The molecule has 5 nitrogen and oxygen atoms in total. The Bertz CT molecular complexity index is 902. The molecule has 4 rings (SSSR count). The van der Waals surface area contributed by atoms with Crippen LogP contribution in [0.15, 0.2) is 73.1 Å². The second-order valence-corrected chi connectivity index (χ2v) is 5.64. The van der Waals surface area contributed by atoms with Crippen molar-refractivity contribution in [1.29, 1.82) is 0 Å². The van der Waals surface area contributed by atoms with E-state index in [2.05, 4.69) is 4.98 Å². The molecule has 1 aliphatic rings. The van der Waals surface area contributed by atoms with Crippen LogP contribution in [0.25, 0.3) is 0 Å². The highest BCUT2D eigenvalue weighted by Crippen LogP contribution is 2.29. The molecule has 0 bridgehead atoms. The lowest BCUT2D eigenvalue weighted by atomic mass is 10.1. The standard InChI is InChI=1S/C20H14N2O3/c23-19-17-5-1-2-6-18(17)20(24)22(19)15-7-9-16(10-8-15)25-13-14-4-3-11-21-12-14/h1-12H,13H2. The Morgan fingerprint density at radius 3 is 2.12 bits per heavy atom. The minimum Gasteiger partial charge on any atom is -0.489 e. The second kappa shape index (κ2) is 6.20. The molecule has 1 aromatic heterocycles. The number of ether oxygens (including phenoxy) is 1. The molecule has 0 atom stereocenters. The van der Waals surface area contributed by atoms with Gasteiger partial charge in [-0.1, -0.05) is 18.2 Å². The first-order valence-corrected chi connectivity index (χ1v) is 7.83. The van der Waals surface area contributed by atoms with Crippen LogP contribution in [0.3, 0.4) is 0 Å². The number of pyridine rings is 1. The average Bonchev–Trinajstić information content (AvgIpc) is 2.93. The van der Waals surface area contributed by atoms with Crippen molar-refractivity contribution in [3.8, 4) is 5.75 Å². The van der Waals surface area contributed by atoms with Crippen LogP contribution >= 0.6 is 0 Å². The first kappa shape index (κ1) is 15.1. The van der Waals surface area contributed by atoms with Gasteiger partial charge in [-0.25, -0.2) is 4.90 Å². The number of benzene rings is 2. The Hall–Kier alpha value is -3.47.